The third kappa shape index (κ3) is 3.41. The third-order valence-electron chi connectivity index (χ3n) is 3.50. The van der Waals surface area contributed by atoms with Gasteiger partial charge in [-0.2, -0.15) is 4.31 Å². The van der Waals surface area contributed by atoms with E-state index >= 15 is 0 Å². The van der Waals surface area contributed by atoms with E-state index in [1.165, 1.54) is 4.31 Å². The van der Waals surface area contributed by atoms with Crippen LogP contribution in [0.5, 0.6) is 0 Å². The molecular formula is C13H22N4O3S2. The van der Waals surface area contributed by atoms with Crippen LogP contribution in [0.1, 0.15) is 25.3 Å². The average Bonchev–Trinajstić information content (AvgIpc) is 2.78. The summed E-state index contributed by atoms with van der Waals surface area (Å²) in [5, 5.41) is 7.58. The van der Waals surface area contributed by atoms with Crippen molar-refractivity contribution in [3.8, 4) is 0 Å². The van der Waals surface area contributed by atoms with E-state index in [-0.39, 0.29) is 10.9 Å². The summed E-state index contributed by atoms with van der Waals surface area (Å²) in [5.74, 6) is 0.330. The molecule has 0 radical (unpaired) electrons. The standard InChI is InChI=1S/C13H22N4O3S2/c1-9(2)14-13(21)16-5-7-17(8-6-16)22(18,19)12-10(3)15-20-11(12)4/h9H,5-8H2,1-4H3,(H,14,21). The van der Waals surface area contributed by atoms with Crippen LogP contribution in [0.25, 0.3) is 0 Å². The minimum atomic E-state index is -3.57. The first-order valence-electron chi connectivity index (χ1n) is 7.22. The average molecular weight is 346 g/mol. The molecule has 0 atom stereocenters. The van der Waals surface area contributed by atoms with E-state index in [0.29, 0.717) is 42.7 Å². The zero-order valence-electron chi connectivity index (χ0n) is 13.3. The highest BCUT2D eigenvalue weighted by Crippen LogP contribution is 2.24. The molecule has 2 rings (SSSR count). The Hall–Kier alpha value is -1.19. The Balaban J connectivity index is 2.07. The molecule has 1 aromatic rings. The quantitative estimate of drug-likeness (QED) is 0.814. The van der Waals surface area contributed by atoms with E-state index in [4.69, 9.17) is 16.7 Å². The highest BCUT2D eigenvalue weighted by molar-refractivity contribution is 7.89. The molecule has 0 saturated carbocycles. The summed E-state index contributed by atoms with van der Waals surface area (Å²) in [6, 6.07) is 0.261. The molecule has 1 aliphatic rings. The number of piperazine rings is 1. The minimum Gasteiger partial charge on any atom is -0.360 e. The maximum Gasteiger partial charge on any atom is 0.248 e. The maximum atomic E-state index is 12.7. The van der Waals surface area contributed by atoms with E-state index in [2.05, 4.69) is 10.5 Å². The van der Waals surface area contributed by atoms with Gasteiger partial charge in [-0.15, -0.1) is 0 Å². The van der Waals surface area contributed by atoms with Gasteiger partial charge in [0, 0.05) is 32.2 Å². The first-order valence-corrected chi connectivity index (χ1v) is 9.06. The first-order chi connectivity index (χ1) is 10.2. The second kappa shape index (κ2) is 6.51. The summed E-state index contributed by atoms with van der Waals surface area (Å²) in [5.41, 5.74) is 0.400. The SMILES string of the molecule is Cc1noc(C)c1S(=O)(=O)N1CCN(C(=S)NC(C)C)CC1. The van der Waals surface area contributed by atoms with Crippen molar-refractivity contribution in [2.75, 3.05) is 26.2 Å². The molecule has 1 N–H and O–H groups in total. The van der Waals surface area contributed by atoms with Crippen LogP contribution in [0.4, 0.5) is 0 Å². The fourth-order valence-electron chi connectivity index (χ4n) is 2.44. The number of hydrogen-bond acceptors (Lipinski definition) is 5. The van der Waals surface area contributed by atoms with Crippen LogP contribution in [-0.4, -0.2) is 60.1 Å². The fourth-order valence-corrected chi connectivity index (χ4v) is 4.57. The van der Waals surface area contributed by atoms with Crippen LogP contribution in [-0.2, 0) is 10.0 Å². The Bertz CT molecular complexity index is 627. The van der Waals surface area contributed by atoms with Crippen molar-refractivity contribution < 1.29 is 12.9 Å². The van der Waals surface area contributed by atoms with Crippen molar-refractivity contribution in [2.24, 2.45) is 0 Å². The molecule has 7 nitrogen and oxygen atoms in total. The summed E-state index contributed by atoms with van der Waals surface area (Å²) in [7, 11) is -3.57. The molecule has 0 aromatic carbocycles. The zero-order valence-corrected chi connectivity index (χ0v) is 14.9. The highest BCUT2D eigenvalue weighted by atomic mass is 32.2. The van der Waals surface area contributed by atoms with Crippen LogP contribution in [0.2, 0.25) is 0 Å². The van der Waals surface area contributed by atoms with Crippen molar-refractivity contribution in [3.05, 3.63) is 11.5 Å². The first kappa shape index (κ1) is 17.2. The van der Waals surface area contributed by atoms with E-state index < -0.39 is 10.0 Å². The van der Waals surface area contributed by atoms with Crippen LogP contribution in [0.15, 0.2) is 9.42 Å². The van der Waals surface area contributed by atoms with Crippen LogP contribution in [0, 0.1) is 13.8 Å². The number of aryl methyl sites for hydroxylation is 2. The molecule has 22 heavy (non-hydrogen) atoms. The predicted octanol–water partition coefficient (Wildman–Crippen LogP) is 0.881. The Morgan fingerprint density at radius 2 is 1.86 bits per heavy atom. The van der Waals surface area contributed by atoms with Gasteiger partial charge >= 0.3 is 0 Å². The lowest BCUT2D eigenvalue weighted by Gasteiger charge is -2.35. The van der Waals surface area contributed by atoms with Gasteiger partial charge in [-0.05, 0) is 39.9 Å². The summed E-state index contributed by atoms with van der Waals surface area (Å²) in [4.78, 5) is 2.18. The lowest BCUT2D eigenvalue weighted by atomic mass is 10.3. The molecule has 1 aromatic heterocycles. The number of hydrogen-bond donors (Lipinski definition) is 1. The maximum absolute atomic E-state index is 12.7. The molecule has 0 aliphatic carbocycles. The Morgan fingerprint density at radius 1 is 1.27 bits per heavy atom. The Kier molecular flexibility index (Phi) is 5.08. The van der Waals surface area contributed by atoms with Gasteiger partial charge in [-0.3, -0.25) is 0 Å². The lowest BCUT2D eigenvalue weighted by Crippen LogP contribution is -2.53. The van der Waals surface area contributed by atoms with Gasteiger partial charge in [0.1, 0.15) is 10.6 Å². The van der Waals surface area contributed by atoms with Gasteiger partial charge in [0.05, 0.1) is 0 Å². The summed E-state index contributed by atoms with van der Waals surface area (Å²) in [6.45, 7) is 9.22. The van der Waals surface area contributed by atoms with Crippen molar-refractivity contribution >= 4 is 27.4 Å². The number of sulfonamides is 1. The lowest BCUT2D eigenvalue weighted by molar-refractivity contribution is 0.262. The van der Waals surface area contributed by atoms with Gasteiger partial charge in [-0.25, -0.2) is 8.42 Å². The monoisotopic (exact) mass is 346 g/mol. The summed E-state index contributed by atoms with van der Waals surface area (Å²) in [6.07, 6.45) is 0. The smallest absolute Gasteiger partial charge is 0.248 e. The van der Waals surface area contributed by atoms with Crippen molar-refractivity contribution in [2.45, 2.75) is 38.6 Å². The molecule has 0 amide bonds. The fraction of sp³-hybridized carbons (Fsp3) is 0.692. The highest BCUT2D eigenvalue weighted by Gasteiger charge is 2.33. The van der Waals surface area contributed by atoms with Gasteiger partial charge in [0.2, 0.25) is 10.0 Å². The molecule has 1 saturated heterocycles. The Labute approximate surface area is 136 Å². The molecule has 0 spiro atoms. The summed E-state index contributed by atoms with van der Waals surface area (Å²) >= 11 is 5.33. The molecule has 0 bridgehead atoms. The third-order valence-corrected chi connectivity index (χ3v) is 6.02. The van der Waals surface area contributed by atoms with Gasteiger partial charge in [0.15, 0.2) is 10.9 Å². The molecule has 0 unspecified atom stereocenters. The molecule has 1 aliphatic heterocycles. The second-order valence-corrected chi connectivity index (χ2v) is 7.91. The number of nitrogens with zero attached hydrogens (tertiary/aromatic N) is 3. The largest absolute Gasteiger partial charge is 0.360 e. The summed E-state index contributed by atoms with van der Waals surface area (Å²) < 4.78 is 31.9. The van der Waals surface area contributed by atoms with E-state index in [0.717, 1.165) is 0 Å². The molecule has 1 fully saturated rings. The molecular weight excluding hydrogens is 324 g/mol. The molecule has 2 heterocycles. The van der Waals surface area contributed by atoms with E-state index in [1.807, 2.05) is 18.7 Å². The van der Waals surface area contributed by atoms with Crippen LogP contribution in [0.3, 0.4) is 0 Å². The van der Waals surface area contributed by atoms with Crippen molar-refractivity contribution in [3.63, 3.8) is 0 Å². The number of thiocarbonyl (C=S) groups is 1. The second-order valence-electron chi connectivity index (χ2n) is 5.65. The number of rotatable bonds is 3. The van der Waals surface area contributed by atoms with E-state index in [9.17, 15) is 8.42 Å². The Morgan fingerprint density at radius 3 is 2.32 bits per heavy atom. The van der Waals surface area contributed by atoms with Crippen LogP contribution >= 0.6 is 12.2 Å². The molecule has 124 valence electrons. The van der Waals surface area contributed by atoms with Crippen molar-refractivity contribution in [1.29, 1.82) is 0 Å². The number of nitrogens with one attached hydrogen (secondary N) is 1. The predicted molar refractivity (Wildman–Crippen MR) is 87.2 cm³/mol. The van der Waals surface area contributed by atoms with Gasteiger partial charge in [0.25, 0.3) is 0 Å². The normalized spacial score (nSPS) is 17.0. The number of aromatic nitrogens is 1. The van der Waals surface area contributed by atoms with Crippen LogP contribution < -0.4 is 5.32 Å². The molecule has 9 heteroatoms. The minimum absolute atomic E-state index is 0.184. The van der Waals surface area contributed by atoms with Crippen molar-refractivity contribution in [1.82, 2.24) is 19.7 Å². The van der Waals surface area contributed by atoms with Gasteiger partial charge < -0.3 is 14.7 Å². The van der Waals surface area contributed by atoms with E-state index in [1.54, 1.807) is 13.8 Å². The zero-order chi connectivity index (χ0) is 16.5. The topological polar surface area (TPSA) is 78.7 Å². The van der Waals surface area contributed by atoms with Gasteiger partial charge in [-0.1, -0.05) is 5.16 Å².